The van der Waals surface area contributed by atoms with E-state index in [1.54, 1.807) is 25.2 Å². The van der Waals surface area contributed by atoms with Crippen molar-refractivity contribution in [2.24, 2.45) is 0 Å². The molecule has 0 spiro atoms. The largest absolute Gasteiger partial charge is 0.489 e. The quantitative estimate of drug-likeness (QED) is 0.698. The summed E-state index contributed by atoms with van der Waals surface area (Å²) in [5.74, 6) is -0.340. The van der Waals surface area contributed by atoms with Crippen molar-refractivity contribution >= 4 is 16.9 Å². The van der Waals surface area contributed by atoms with Gasteiger partial charge in [0.2, 0.25) is 5.91 Å². The van der Waals surface area contributed by atoms with Crippen LogP contribution < -0.4 is 4.74 Å². The van der Waals surface area contributed by atoms with Crippen LogP contribution in [0.1, 0.15) is 5.69 Å². The fraction of sp³-hybridized carbons (Fsp3) is 0.222. The highest BCUT2D eigenvalue weighted by atomic mass is 19.1. The Morgan fingerprint density at radius 1 is 1.21 bits per heavy atom. The Balaban J connectivity index is 1.54. The molecule has 0 aliphatic carbocycles. The predicted octanol–water partition coefficient (Wildman–Crippen LogP) is 3.05. The van der Waals surface area contributed by atoms with E-state index in [4.69, 9.17) is 9.26 Å². The molecule has 5 nitrogen and oxygen atoms in total. The number of benzene rings is 2. The van der Waals surface area contributed by atoms with Crippen molar-refractivity contribution in [1.82, 2.24) is 10.1 Å². The van der Waals surface area contributed by atoms with Gasteiger partial charge in [0.25, 0.3) is 0 Å². The molecule has 0 bridgehead atoms. The minimum Gasteiger partial charge on any atom is -0.489 e. The van der Waals surface area contributed by atoms with Gasteiger partial charge < -0.3 is 14.2 Å². The fourth-order valence-electron chi connectivity index (χ4n) is 2.32. The van der Waals surface area contributed by atoms with Crippen LogP contribution in [0.5, 0.6) is 5.75 Å². The van der Waals surface area contributed by atoms with E-state index >= 15 is 0 Å². The van der Waals surface area contributed by atoms with E-state index in [2.05, 4.69) is 5.16 Å². The molecule has 24 heavy (non-hydrogen) atoms. The van der Waals surface area contributed by atoms with Crippen LogP contribution in [0.2, 0.25) is 0 Å². The number of aromatic nitrogens is 1. The average Bonchev–Trinajstić information content (AvgIpc) is 2.99. The van der Waals surface area contributed by atoms with Gasteiger partial charge in [-0.05, 0) is 24.3 Å². The molecule has 0 unspecified atom stereocenters. The van der Waals surface area contributed by atoms with Crippen molar-refractivity contribution in [2.75, 3.05) is 20.2 Å². The first-order valence-corrected chi connectivity index (χ1v) is 7.60. The molecule has 2 aromatic carbocycles. The van der Waals surface area contributed by atoms with Crippen LogP contribution in [0.3, 0.4) is 0 Å². The number of rotatable bonds is 6. The van der Waals surface area contributed by atoms with Crippen LogP contribution in [0.4, 0.5) is 4.39 Å². The molecule has 3 rings (SSSR count). The van der Waals surface area contributed by atoms with Gasteiger partial charge in [-0.25, -0.2) is 4.39 Å². The normalized spacial score (nSPS) is 10.8. The lowest BCUT2D eigenvalue weighted by Crippen LogP contribution is -2.32. The van der Waals surface area contributed by atoms with E-state index in [1.165, 1.54) is 11.0 Å². The molecule has 0 N–H and O–H groups in total. The van der Waals surface area contributed by atoms with Gasteiger partial charge in [-0.3, -0.25) is 4.79 Å². The van der Waals surface area contributed by atoms with E-state index in [-0.39, 0.29) is 24.7 Å². The Labute approximate surface area is 138 Å². The number of halogens is 1. The van der Waals surface area contributed by atoms with Gasteiger partial charge in [0, 0.05) is 12.4 Å². The first-order valence-electron chi connectivity index (χ1n) is 7.60. The van der Waals surface area contributed by atoms with Crippen LogP contribution in [0, 0.1) is 5.82 Å². The maximum absolute atomic E-state index is 13.4. The summed E-state index contributed by atoms with van der Waals surface area (Å²) in [5, 5.41) is 4.79. The highest BCUT2D eigenvalue weighted by Gasteiger charge is 2.15. The molecule has 0 fully saturated rings. The number of nitrogens with zero attached hydrogens (tertiary/aromatic N) is 2. The van der Waals surface area contributed by atoms with E-state index < -0.39 is 5.82 Å². The van der Waals surface area contributed by atoms with Crippen LogP contribution in [0.25, 0.3) is 11.0 Å². The second kappa shape index (κ2) is 7.12. The van der Waals surface area contributed by atoms with Crippen molar-refractivity contribution in [3.8, 4) is 5.75 Å². The molecule has 1 amide bonds. The van der Waals surface area contributed by atoms with E-state index in [1.807, 2.05) is 24.3 Å². The minimum absolute atomic E-state index is 0.105. The smallest absolute Gasteiger partial charge is 0.228 e. The van der Waals surface area contributed by atoms with E-state index in [0.717, 1.165) is 5.39 Å². The van der Waals surface area contributed by atoms with Gasteiger partial charge in [0.15, 0.2) is 17.1 Å². The van der Waals surface area contributed by atoms with Crippen molar-refractivity contribution in [2.45, 2.75) is 6.42 Å². The summed E-state index contributed by atoms with van der Waals surface area (Å²) in [4.78, 5) is 13.8. The molecule has 3 aromatic rings. The van der Waals surface area contributed by atoms with Crippen LogP contribution in [0.15, 0.2) is 53.1 Å². The monoisotopic (exact) mass is 328 g/mol. The predicted molar refractivity (Wildman–Crippen MR) is 87.2 cm³/mol. The second-order valence-electron chi connectivity index (χ2n) is 5.40. The van der Waals surface area contributed by atoms with Gasteiger partial charge in [-0.1, -0.05) is 29.4 Å². The van der Waals surface area contributed by atoms with Crippen molar-refractivity contribution in [3.63, 3.8) is 0 Å². The summed E-state index contributed by atoms with van der Waals surface area (Å²) in [6, 6.07) is 13.6. The minimum atomic E-state index is -0.416. The Hall–Kier alpha value is -2.89. The number of amides is 1. The molecule has 124 valence electrons. The number of hydrogen-bond acceptors (Lipinski definition) is 4. The second-order valence-corrected chi connectivity index (χ2v) is 5.40. The molecular weight excluding hydrogens is 311 g/mol. The molecule has 0 aliphatic heterocycles. The van der Waals surface area contributed by atoms with Crippen LogP contribution in [-0.4, -0.2) is 36.2 Å². The molecule has 0 aliphatic rings. The average molecular weight is 328 g/mol. The van der Waals surface area contributed by atoms with Gasteiger partial charge in [-0.15, -0.1) is 0 Å². The van der Waals surface area contributed by atoms with Crippen molar-refractivity contribution < 1.29 is 18.4 Å². The third kappa shape index (κ3) is 3.53. The summed E-state index contributed by atoms with van der Waals surface area (Å²) < 4.78 is 24.0. The summed E-state index contributed by atoms with van der Waals surface area (Å²) in [5.41, 5.74) is 1.27. The number of para-hydroxylation sites is 2. The Kier molecular flexibility index (Phi) is 4.74. The first-order chi connectivity index (χ1) is 11.6. The zero-order chi connectivity index (χ0) is 16.9. The molecule has 1 heterocycles. The molecule has 0 saturated carbocycles. The highest BCUT2D eigenvalue weighted by Crippen LogP contribution is 2.18. The third-order valence-corrected chi connectivity index (χ3v) is 3.72. The molecule has 0 radical (unpaired) electrons. The van der Waals surface area contributed by atoms with E-state index in [9.17, 15) is 9.18 Å². The van der Waals surface area contributed by atoms with Gasteiger partial charge in [0.1, 0.15) is 12.3 Å². The number of ether oxygens (including phenoxy) is 1. The SMILES string of the molecule is CN(CCOc1ccccc1F)C(=O)Cc1noc2ccccc12. The Bertz CT molecular complexity index is 847. The number of carbonyl (C=O) groups excluding carboxylic acids is 1. The summed E-state index contributed by atoms with van der Waals surface area (Å²) in [6.45, 7) is 0.561. The highest BCUT2D eigenvalue weighted by molar-refractivity contribution is 5.86. The maximum atomic E-state index is 13.4. The topological polar surface area (TPSA) is 55.6 Å². The molecule has 6 heteroatoms. The lowest BCUT2D eigenvalue weighted by atomic mass is 10.1. The standard InChI is InChI=1S/C18H17FN2O3/c1-21(10-11-23-17-9-5-3-7-14(17)19)18(22)12-15-13-6-2-4-8-16(13)24-20-15/h2-9H,10-12H2,1H3. The number of carbonyl (C=O) groups is 1. The zero-order valence-electron chi connectivity index (χ0n) is 13.2. The summed E-state index contributed by atoms with van der Waals surface area (Å²) in [6.07, 6.45) is 0.146. The number of hydrogen-bond donors (Lipinski definition) is 0. The van der Waals surface area contributed by atoms with Gasteiger partial charge in [-0.2, -0.15) is 0 Å². The molecular formula is C18H17FN2O3. The zero-order valence-corrected chi connectivity index (χ0v) is 13.2. The Morgan fingerprint density at radius 3 is 2.79 bits per heavy atom. The Morgan fingerprint density at radius 2 is 1.96 bits per heavy atom. The molecule has 0 atom stereocenters. The molecule has 0 saturated heterocycles. The number of fused-ring (bicyclic) bond motifs is 1. The van der Waals surface area contributed by atoms with Crippen molar-refractivity contribution in [3.05, 3.63) is 60.0 Å². The third-order valence-electron chi connectivity index (χ3n) is 3.72. The van der Waals surface area contributed by atoms with Crippen molar-refractivity contribution in [1.29, 1.82) is 0 Å². The fourth-order valence-corrected chi connectivity index (χ4v) is 2.32. The van der Waals surface area contributed by atoms with Crippen LogP contribution in [-0.2, 0) is 11.2 Å². The lowest BCUT2D eigenvalue weighted by molar-refractivity contribution is -0.129. The van der Waals surface area contributed by atoms with Gasteiger partial charge in [0.05, 0.1) is 13.0 Å². The van der Waals surface area contributed by atoms with Crippen LogP contribution >= 0.6 is 0 Å². The maximum Gasteiger partial charge on any atom is 0.228 e. The molecule has 1 aromatic heterocycles. The number of likely N-dealkylation sites (N-methyl/N-ethyl adjacent to an activating group) is 1. The van der Waals surface area contributed by atoms with Gasteiger partial charge >= 0.3 is 0 Å². The summed E-state index contributed by atoms with van der Waals surface area (Å²) >= 11 is 0. The first kappa shape index (κ1) is 16.0. The van der Waals surface area contributed by atoms with E-state index in [0.29, 0.717) is 17.8 Å². The lowest BCUT2D eigenvalue weighted by Gasteiger charge is -2.17. The summed E-state index contributed by atoms with van der Waals surface area (Å²) in [7, 11) is 1.68.